The molecule has 0 amide bonds. The summed E-state index contributed by atoms with van der Waals surface area (Å²) in [6.07, 6.45) is 6.87. The first-order valence-electron chi connectivity index (χ1n) is 11.4. The second-order valence-corrected chi connectivity index (χ2v) is 6.77. The number of ether oxygens (including phenoxy) is 8. The minimum atomic E-state index is 0.0346. The van der Waals surface area contributed by atoms with Crippen molar-refractivity contribution in [1.29, 1.82) is 0 Å². The molecular formula is C22H42O9. The van der Waals surface area contributed by atoms with Gasteiger partial charge in [0.05, 0.1) is 105 Å². The maximum absolute atomic E-state index is 8.54. The van der Waals surface area contributed by atoms with Gasteiger partial charge in [-0.3, -0.25) is 0 Å². The maximum Gasteiger partial charge on any atom is 0.111 e. The van der Waals surface area contributed by atoms with Crippen molar-refractivity contribution in [2.75, 3.05) is 106 Å². The Balaban J connectivity index is 1.64. The Kier molecular flexibility index (Phi) is 21.8. The van der Waals surface area contributed by atoms with Crippen molar-refractivity contribution in [3.05, 3.63) is 11.8 Å². The van der Waals surface area contributed by atoms with Crippen molar-refractivity contribution < 1.29 is 43.0 Å². The van der Waals surface area contributed by atoms with Crippen LogP contribution in [0.1, 0.15) is 25.7 Å². The van der Waals surface area contributed by atoms with Gasteiger partial charge >= 0.3 is 0 Å². The van der Waals surface area contributed by atoms with Crippen LogP contribution in [-0.4, -0.2) is 111 Å². The zero-order chi connectivity index (χ0) is 22.1. The monoisotopic (exact) mass is 450 g/mol. The van der Waals surface area contributed by atoms with Crippen LogP contribution in [0.5, 0.6) is 0 Å². The zero-order valence-corrected chi connectivity index (χ0v) is 18.9. The standard InChI is InChI=1S/C22H42O9/c23-6-7-24-8-9-25-10-11-26-12-13-27-14-15-28-16-17-29-18-19-30-20-21-31-22-4-2-1-3-5-22/h4,23H,1-3,5-21H2. The van der Waals surface area contributed by atoms with Crippen LogP contribution >= 0.6 is 0 Å². The minimum Gasteiger partial charge on any atom is -0.496 e. The van der Waals surface area contributed by atoms with Gasteiger partial charge in [-0.15, -0.1) is 0 Å². The molecule has 9 nitrogen and oxygen atoms in total. The van der Waals surface area contributed by atoms with E-state index < -0.39 is 0 Å². The number of allylic oxidation sites excluding steroid dienone is 2. The molecule has 0 unspecified atom stereocenters. The van der Waals surface area contributed by atoms with Gasteiger partial charge in [0.2, 0.25) is 0 Å². The van der Waals surface area contributed by atoms with Gasteiger partial charge in [0.15, 0.2) is 0 Å². The van der Waals surface area contributed by atoms with E-state index in [4.69, 9.17) is 43.0 Å². The molecule has 0 aromatic rings. The van der Waals surface area contributed by atoms with E-state index in [0.717, 1.165) is 18.6 Å². The number of hydrogen-bond acceptors (Lipinski definition) is 9. The van der Waals surface area contributed by atoms with E-state index in [1.165, 1.54) is 12.8 Å². The van der Waals surface area contributed by atoms with Crippen molar-refractivity contribution >= 4 is 0 Å². The van der Waals surface area contributed by atoms with E-state index in [-0.39, 0.29) is 6.61 Å². The third-order valence-corrected chi connectivity index (χ3v) is 4.23. The summed E-state index contributed by atoms with van der Waals surface area (Å²) in [6, 6.07) is 0. The number of rotatable bonds is 24. The lowest BCUT2D eigenvalue weighted by Crippen LogP contribution is -2.15. The van der Waals surface area contributed by atoms with Crippen LogP contribution in [0.25, 0.3) is 0 Å². The van der Waals surface area contributed by atoms with Crippen LogP contribution in [0.3, 0.4) is 0 Å². The van der Waals surface area contributed by atoms with E-state index in [1.54, 1.807) is 0 Å². The van der Waals surface area contributed by atoms with Crippen LogP contribution < -0.4 is 0 Å². The maximum atomic E-state index is 8.54. The molecule has 0 spiro atoms. The van der Waals surface area contributed by atoms with Gasteiger partial charge in [-0.25, -0.2) is 0 Å². The molecule has 1 aliphatic rings. The van der Waals surface area contributed by atoms with Crippen molar-refractivity contribution in [2.24, 2.45) is 0 Å². The largest absolute Gasteiger partial charge is 0.496 e. The highest BCUT2D eigenvalue weighted by atomic mass is 16.6. The first-order valence-corrected chi connectivity index (χ1v) is 11.4. The molecule has 0 saturated carbocycles. The molecule has 9 heteroatoms. The van der Waals surface area contributed by atoms with Crippen molar-refractivity contribution in [1.82, 2.24) is 0 Å². The molecule has 0 aromatic carbocycles. The molecule has 0 bridgehead atoms. The van der Waals surface area contributed by atoms with Crippen LogP contribution in [0.15, 0.2) is 11.8 Å². The normalized spacial score (nSPS) is 14.0. The molecule has 0 saturated heterocycles. The summed E-state index contributed by atoms with van der Waals surface area (Å²) in [5.41, 5.74) is 0. The summed E-state index contributed by atoms with van der Waals surface area (Å²) in [5.74, 6) is 1.11. The Labute approximate surface area is 186 Å². The number of hydrogen-bond donors (Lipinski definition) is 1. The highest BCUT2D eigenvalue weighted by Gasteiger charge is 2.03. The van der Waals surface area contributed by atoms with Crippen molar-refractivity contribution in [3.63, 3.8) is 0 Å². The van der Waals surface area contributed by atoms with Crippen LogP contribution in [0.4, 0.5) is 0 Å². The molecule has 0 aromatic heterocycles. The predicted molar refractivity (Wildman–Crippen MR) is 115 cm³/mol. The Morgan fingerprint density at radius 2 is 0.903 bits per heavy atom. The fourth-order valence-electron chi connectivity index (χ4n) is 2.66. The topological polar surface area (TPSA) is 94.1 Å². The Morgan fingerprint density at radius 1 is 0.516 bits per heavy atom. The highest BCUT2D eigenvalue weighted by molar-refractivity contribution is 4.96. The van der Waals surface area contributed by atoms with Gasteiger partial charge in [-0.1, -0.05) is 0 Å². The van der Waals surface area contributed by atoms with Crippen molar-refractivity contribution in [3.8, 4) is 0 Å². The van der Waals surface area contributed by atoms with Gasteiger partial charge in [0.25, 0.3) is 0 Å². The molecule has 0 atom stereocenters. The Hall–Kier alpha value is -0.780. The average Bonchev–Trinajstić information content (AvgIpc) is 2.80. The molecule has 1 N–H and O–H groups in total. The average molecular weight is 451 g/mol. The summed E-state index contributed by atoms with van der Waals surface area (Å²) < 4.78 is 43.2. The van der Waals surface area contributed by atoms with E-state index in [2.05, 4.69) is 6.08 Å². The Morgan fingerprint density at radius 3 is 1.26 bits per heavy atom. The molecule has 31 heavy (non-hydrogen) atoms. The van der Waals surface area contributed by atoms with Gasteiger partial charge in [0.1, 0.15) is 6.61 Å². The van der Waals surface area contributed by atoms with Gasteiger partial charge in [-0.05, 0) is 25.3 Å². The third-order valence-electron chi connectivity index (χ3n) is 4.23. The number of aliphatic hydroxyl groups excluding tert-OH is 1. The fourth-order valence-corrected chi connectivity index (χ4v) is 2.66. The lowest BCUT2D eigenvalue weighted by atomic mass is 10.1. The lowest BCUT2D eigenvalue weighted by Gasteiger charge is -2.14. The summed E-state index contributed by atoms with van der Waals surface area (Å²) in [6.45, 7) is 7.91. The quantitative estimate of drug-likeness (QED) is 0.220. The van der Waals surface area contributed by atoms with Gasteiger partial charge in [-0.2, -0.15) is 0 Å². The smallest absolute Gasteiger partial charge is 0.111 e. The Bertz CT molecular complexity index is 393. The molecule has 0 fully saturated rings. The first kappa shape index (κ1) is 28.3. The molecule has 0 aliphatic heterocycles. The van der Waals surface area contributed by atoms with E-state index in [0.29, 0.717) is 99.1 Å². The van der Waals surface area contributed by atoms with E-state index in [9.17, 15) is 0 Å². The van der Waals surface area contributed by atoms with Crippen LogP contribution in [-0.2, 0) is 37.9 Å². The molecule has 0 radical (unpaired) electrons. The zero-order valence-electron chi connectivity index (χ0n) is 18.9. The summed E-state index contributed by atoms with van der Waals surface area (Å²) >= 11 is 0. The van der Waals surface area contributed by atoms with E-state index >= 15 is 0 Å². The molecular weight excluding hydrogens is 408 g/mol. The minimum absolute atomic E-state index is 0.0346. The summed E-state index contributed by atoms with van der Waals surface area (Å²) in [7, 11) is 0. The second-order valence-electron chi connectivity index (χ2n) is 6.77. The predicted octanol–water partition coefficient (Wildman–Crippen LogP) is 1.57. The summed E-state index contributed by atoms with van der Waals surface area (Å²) in [4.78, 5) is 0. The van der Waals surface area contributed by atoms with Gasteiger partial charge < -0.3 is 43.0 Å². The first-order chi connectivity index (χ1) is 15.4. The van der Waals surface area contributed by atoms with Gasteiger partial charge in [0, 0.05) is 6.42 Å². The summed E-state index contributed by atoms with van der Waals surface area (Å²) in [5, 5.41) is 8.54. The van der Waals surface area contributed by atoms with Crippen LogP contribution in [0, 0.1) is 0 Å². The lowest BCUT2D eigenvalue weighted by molar-refractivity contribution is -0.0228. The SMILES string of the molecule is OCCOCCOCCOCCOCCOCCOCCOCCOC1=CCCCC1. The number of aliphatic hydroxyl groups is 1. The molecule has 0 heterocycles. The van der Waals surface area contributed by atoms with E-state index in [1.807, 2.05) is 0 Å². The molecule has 1 rings (SSSR count). The van der Waals surface area contributed by atoms with Crippen molar-refractivity contribution in [2.45, 2.75) is 25.7 Å². The fraction of sp³-hybridized carbons (Fsp3) is 0.909. The highest BCUT2D eigenvalue weighted by Crippen LogP contribution is 2.17. The van der Waals surface area contributed by atoms with Crippen LogP contribution in [0.2, 0.25) is 0 Å². The molecule has 184 valence electrons. The molecule has 1 aliphatic carbocycles. The third kappa shape index (κ3) is 20.9. The second kappa shape index (κ2) is 23.9.